The van der Waals surface area contributed by atoms with Crippen LogP contribution < -0.4 is 5.32 Å². The van der Waals surface area contributed by atoms with Crippen LogP contribution >= 0.6 is 0 Å². The van der Waals surface area contributed by atoms with Crippen molar-refractivity contribution in [2.45, 2.75) is 76.2 Å². The number of hydrogen-bond donors (Lipinski definition) is 2. The Bertz CT molecular complexity index is 266. The van der Waals surface area contributed by atoms with E-state index in [0.717, 1.165) is 32.3 Å². The van der Waals surface area contributed by atoms with Crippen LogP contribution in [0.1, 0.15) is 52.4 Å². The third-order valence-electron chi connectivity index (χ3n) is 4.25. The van der Waals surface area contributed by atoms with Crippen LogP contribution in [0.25, 0.3) is 0 Å². The minimum absolute atomic E-state index is 0.133. The molecule has 4 heteroatoms. The molecule has 3 atom stereocenters. The Kier molecular flexibility index (Phi) is 5.63. The fourth-order valence-corrected chi connectivity index (χ4v) is 3.33. The predicted octanol–water partition coefficient (Wildman–Crippen LogP) is 1.85. The van der Waals surface area contributed by atoms with Crippen molar-refractivity contribution in [1.82, 2.24) is 5.32 Å². The Labute approximate surface area is 116 Å². The second kappa shape index (κ2) is 7.02. The maximum Gasteiger partial charge on any atom is 0.0808 e. The normalized spacial score (nSPS) is 36.0. The van der Waals surface area contributed by atoms with Gasteiger partial charge in [-0.25, -0.2) is 0 Å². The molecule has 1 aliphatic heterocycles. The highest BCUT2D eigenvalue weighted by Gasteiger charge is 2.39. The second-order valence-electron chi connectivity index (χ2n) is 6.42. The third-order valence-corrected chi connectivity index (χ3v) is 4.25. The van der Waals surface area contributed by atoms with Crippen molar-refractivity contribution in [3.05, 3.63) is 0 Å². The predicted molar refractivity (Wildman–Crippen MR) is 75.3 cm³/mol. The van der Waals surface area contributed by atoms with Gasteiger partial charge in [0.1, 0.15) is 0 Å². The summed E-state index contributed by atoms with van der Waals surface area (Å²) in [6, 6.07) is 0.396. The van der Waals surface area contributed by atoms with Gasteiger partial charge in [0.25, 0.3) is 0 Å². The topological polar surface area (TPSA) is 50.7 Å². The number of rotatable bonds is 6. The van der Waals surface area contributed by atoms with E-state index < -0.39 is 0 Å². The molecule has 1 saturated carbocycles. The smallest absolute Gasteiger partial charge is 0.0808 e. The summed E-state index contributed by atoms with van der Waals surface area (Å²) in [5.41, 5.74) is -0.133. The summed E-state index contributed by atoms with van der Waals surface area (Å²) in [7, 11) is 0. The summed E-state index contributed by atoms with van der Waals surface area (Å²) in [4.78, 5) is 0. The van der Waals surface area contributed by atoms with Crippen LogP contribution in [0.4, 0.5) is 0 Å². The van der Waals surface area contributed by atoms with E-state index in [2.05, 4.69) is 19.2 Å². The second-order valence-corrected chi connectivity index (χ2v) is 6.42. The quantitative estimate of drug-likeness (QED) is 0.774. The number of nitrogens with one attached hydrogen (secondary N) is 1. The zero-order valence-corrected chi connectivity index (χ0v) is 12.4. The van der Waals surface area contributed by atoms with Crippen LogP contribution in [0.3, 0.4) is 0 Å². The van der Waals surface area contributed by atoms with Gasteiger partial charge in [-0.3, -0.25) is 0 Å². The fourth-order valence-electron chi connectivity index (χ4n) is 3.33. The molecular formula is C15H29NO3. The Morgan fingerprint density at radius 3 is 2.84 bits per heavy atom. The molecule has 1 saturated heterocycles. The molecule has 0 radical (unpaired) electrons. The zero-order valence-electron chi connectivity index (χ0n) is 12.4. The van der Waals surface area contributed by atoms with E-state index in [9.17, 15) is 5.11 Å². The van der Waals surface area contributed by atoms with E-state index in [1.165, 1.54) is 12.8 Å². The van der Waals surface area contributed by atoms with Crippen molar-refractivity contribution in [3.63, 3.8) is 0 Å². The van der Waals surface area contributed by atoms with Gasteiger partial charge in [-0.2, -0.15) is 0 Å². The van der Waals surface area contributed by atoms with Gasteiger partial charge < -0.3 is 19.9 Å². The van der Waals surface area contributed by atoms with Crippen molar-refractivity contribution in [2.24, 2.45) is 0 Å². The average molecular weight is 271 g/mol. The zero-order chi connectivity index (χ0) is 13.7. The van der Waals surface area contributed by atoms with Crippen LogP contribution in [0.15, 0.2) is 0 Å². The molecule has 2 fully saturated rings. The van der Waals surface area contributed by atoms with Crippen molar-refractivity contribution in [3.8, 4) is 0 Å². The Hall–Kier alpha value is -0.160. The molecule has 4 nitrogen and oxygen atoms in total. The van der Waals surface area contributed by atoms with Gasteiger partial charge in [-0.15, -0.1) is 0 Å². The lowest BCUT2D eigenvalue weighted by Crippen LogP contribution is -2.50. The maximum absolute atomic E-state index is 9.66. The van der Waals surface area contributed by atoms with Crippen LogP contribution in [-0.4, -0.2) is 48.7 Å². The lowest BCUT2D eigenvalue weighted by Gasteiger charge is -2.31. The summed E-state index contributed by atoms with van der Waals surface area (Å²) in [5, 5.41) is 13.2. The molecule has 2 aliphatic rings. The van der Waals surface area contributed by atoms with Crippen LogP contribution in [0, 0.1) is 0 Å². The van der Waals surface area contributed by atoms with Crippen molar-refractivity contribution >= 4 is 0 Å². The Morgan fingerprint density at radius 2 is 2.21 bits per heavy atom. The monoisotopic (exact) mass is 271 g/mol. The van der Waals surface area contributed by atoms with Crippen LogP contribution in [-0.2, 0) is 9.47 Å². The van der Waals surface area contributed by atoms with Gasteiger partial charge in [-0.05, 0) is 38.5 Å². The van der Waals surface area contributed by atoms with Gasteiger partial charge >= 0.3 is 0 Å². The van der Waals surface area contributed by atoms with E-state index in [4.69, 9.17) is 9.47 Å². The van der Waals surface area contributed by atoms with Gasteiger partial charge in [-0.1, -0.05) is 13.8 Å². The third kappa shape index (κ3) is 4.42. The summed E-state index contributed by atoms with van der Waals surface area (Å²) < 4.78 is 11.7. The molecular weight excluding hydrogens is 242 g/mol. The summed E-state index contributed by atoms with van der Waals surface area (Å²) >= 11 is 0. The molecule has 3 unspecified atom stereocenters. The first kappa shape index (κ1) is 15.2. The highest BCUT2D eigenvalue weighted by atomic mass is 16.5. The highest BCUT2D eigenvalue weighted by Crippen LogP contribution is 2.32. The first-order chi connectivity index (χ1) is 9.13. The molecule has 1 heterocycles. The minimum Gasteiger partial charge on any atom is -0.394 e. The van der Waals surface area contributed by atoms with Gasteiger partial charge in [0.05, 0.1) is 25.4 Å². The van der Waals surface area contributed by atoms with E-state index in [1.54, 1.807) is 0 Å². The molecule has 19 heavy (non-hydrogen) atoms. The molecule has 112 valence electrons. The molecule has 0 bridgehead atoms. The van der Waals surface area contributed by atoms with E-state index in [0.29, 0.717) is 12.6 Å². The molecule has 0 spiro atoms. The van der Waals surface area contributed by atoms with E-state index >= 15 is 0 Å². The van der Waals surface area contributed by atoms with Gasteiger partial charge in [0.15, 0.2) is 0 Å². The number of hydrogen-bond acceptors (Lipinski definition) is 4. The Balaban J connectivity index is 1.74. The number of aliphatic hydroxyl groups is 1. The number of ether oxygens (including phenoxy) is 2. The van der Waals surface area contributed by atoms with Gasteiger partial charge in [0, 0.05) is 18.2 Å². The Morgan fingerprint density at radius 1 is 1.37 bits per heavy atom. The molecule has 1 aliphatic carbocycles. The average Bonchev–Trinajstić information content (AvgIpc) is 2.81. The standard InChI is InChI=1S/C15H29NO3/c1-12(2)16-15(11-17)7-6-13(9-15)19-10-14-5-3-4-8-18-14/h12-14,16-17H,3-11H2,1-2H3. The lowest BCUT2D eigenvalue weighted by molar-refractivity contribution is -0.0632. The molecule has 0 amide bonds. The van der Waals surface area contributed by atoms with E-state index in [1.807, 2.05) is 0 Å². The van der Waals surface area contributed by atoms with Crippen LogP contribution in [0.5, 0.6) is 0 Å². The van der Waals surface area contributed by atoms with Crippen molar-refractivity contribution < 1.29 is 14.6 Å². The maximum atomic E-state index is 9.66. The van der Waals surface area contributed by atoms with Crippen molar-refractivity contribution in [1.29, 1.82) is 0 Å². The summed E-state index contributed by atoms with van der Waals surface area (Å²) in [6.07, 6.45) is 7.07. The van der Waals surface area contributed by atoms with Crippen LogP contribution in [0.2, 0.25) is 0 Å². The molecule has 2 N–H and O–H groups in total. The molecule has 0 aromatic carbocycles. The van der Waals surface area contributed by atoms with E-state index in [-0.39, 0.29) is 24.4 Å². The minimum atomic E-state index is -0.133. The first-order valence-corrected chi connectivity index (χ1v) is 7.75. The summed E-state index contributed by atoms with van der Waals surface area (Å²) in [6.45, 7) is 6.05. The highest BCUT2D eigenvalue weighted by molar-refractivity contribution is 4.97. The molecule has 2 rings (SSSR count). The van der Waals surface area contributed by atoms with Crippen molar-refractivity contribution in [2.75, 3.05) is 19.8 Å². The van der Waals surface area contributed by atoms with Gasteiger partial charge in [0.2, 0.25) is 0 Å². The first-order valence-electron chi connectivity index (χ1n) is 7.75. The lowest BCUT2D eigenvalue weighted by atomic mass is 9.97. The summed E-state index contributed by atoms with van der Waals surface area (Å²) in [5.74, 6) is 0. The number of aliphatic hydroxyl groups excluding tert-OH is 1. The molecule has 0 aromatic rings. The largest absolute Gasteiger partial charge is 0.394 e. The SMILES string of the molecule is CC(C)NC1(CO)CCC(OCC2CCCCO2)C1. The molecule has 0 aromatic heterocycles. The fraction of sp³-hybridized carbons (Fsp3) is 1.00.